The van der Waals surface area contributed by atoms with E-state index in [0.717, 1.165) is 26.2 Å². The third-order valence-electron chi connectivity index (χ3n) is 2.75. The number of hydrogen-bond acceptors (Lipinski definition) is 4. The fourth-order valence-electron chi connectivity index (χ4n) is 1.82. The minimum atomic E-state index is 0.316. The SMILES string of the molecule is CC1CN(C)CCN1CC/C(N)=N/O. The van der Waals surface area contributed by atoms with Crippen molar-refractivity contribution in [3.05, 3.63) is 0 Å². The lowest BCUT2D eigenvalue weighted by atomic mass is 10.2. The molecule has 0 spiro atoms. The van der Waals surface area contributed by atoms with Gasteiger partial charge in [-0.15, -0.1) is 0 Å². The highest BCUT2D eigenvalue weighted by Crippen LogP contribution is 2.07. The van der Waals surface area contributed by atoms with E-state index in [1.807, 2.05) is 0 Å². The molecule has 1 heterocycles. The number of piperazine rings is 1. The topological polar surface area (TPSA) is 65.1 Å². The van der Waals surface area contributed by atoms with Crippen molar-refractivity contribution in [3.8, 4) is 0 Å². The van der Waals surface area contributed by atoms with Gasteiger partial charge in [0.05, 0.1) is 0 Å². The number of amidine groups is 1. The first-order chi connectivity index (χ1) is 6.63. The van der Waals surface area contributed by atoms with E-state index in [4.69, 9.17) is 10.9 Å². The molecule has 0 aliphatic carbocycles. The molecule has 1 unspecified atom stereocenters. The number of likely N-dealkylation sites (N-methyl/N-ethyl adjacent to an activating group) is 1. The Bertz CT molecular complexity index is 207. The fraction of sp³-hybridized carbons (Fsp3) is 0.889. The standard InChI is InChI=1S/C9H20N4O/c1-8-7-12(2)5-6-13(8)4-3-9(10)11-14/h8,14H,3-7H2,1-2H3,(H2,10,11). The molecule has 5 heteroatoms. The third kappa shape index (κ3) is 3.16. The molecule has 1 atom stereocenters. The van der Waals surface area contributed by atoms with Gasteiger partial charge in [-0.3, -0.25) is 4.90 Å². The lowest BCUT2D eigenvalue weighted by Crippen LogP contribution is -2.50. The summed E-state index contributed by atoms with van der Waals surface area (Å²) in [5.41, 5.74) is 5.43. The Morgan fingerprint density at radius 2 is 2.29 bits per heavy atom. The first-order valence-electron chi connectivity index (χ1n) is 5.02. The van der Waals surface area contributed by atoms with Gasteiger partial charge >= 0.3 is 0 Å². The van der Waals surface area contributed by atoms with Gasteiger partial charge in [-0.25, -0.2) is 0 Å². The van der Waals surface area contributed by atoms with Crippen LogP contribution < -0.4 is 5.73 Å². The van der Waals surface area contributed by atoms with Crippen LogP contribution in [0.2, 0.25) is 0 Å². The minimum Gasteiger partial charge on any atom is -0.409 e. The predicted octanol–water partition coefficient (Wildman–Crippen LogP) is -0.241. The zero-order valence-electron chi connectivity index (χ0n) is 8.98. The van der Waals surface area contributed by atoms with Crippen molar-refractivity contribution in [2.75, 3.05) is 33.2 Å². The lowest BCUT2D eigenvalue weighted by molar-refractivity contribution is 0.103. The summed E-state index contributed by atoms with van der Waals surface area (Å²) in [5.74, 6) is 0.316. The Labute approximate surface area is 85.2 Å². The molecule has 0 amide bonds. The molecule has 0 aromatic heterocycles. The summed E-state index contributed by atoms with van der Waals surface area (Å²) in [6.45, 7) is 6.35. The fourth-order valence-corrected chi connectivity index (χ4v) is 1.82. The first kappa shape index (κ1) is 11.3. The van der Waals surface area contributed by atoms with Crippen LogP contribution in [0.25, 0.3) is 0 Å². The largest absolute Gasteiger partial charge is 0.409 e. The van der Waals surface area contributed by atoms with Crippen LogP contribution in [-0.4, -0.2) is 60.1 Å². The van der Waals surface area contributed by atoms with Crippen LogP contribution in [0.3, 0.4) is 0 Å². The van der Waals surface area contributed by atoms with Crippen molar-refractivity contribution in [2.45, 2.75) is 19.4 Å². The summed E-state index contributed by atoms with van der Waals surface area (Å²) in [5, 5.41) is 11.4. The summed E-state index contributed by atoms with van der Waals surface area (Å²) >= 11 is 0. The van der Waals surface area contributed by atoms with Gasteiger partial charge in [0.15, 0.2) is 0 Å². The van der Waals surface area contributed by atoms with Crippen molar-refractivity contribution < 1.29 is 5.21 Å². The van der Waals surface area contributed by atoms with Gasteiger partial charge in [0.2, 0.25) is 0 Å². The van der Waals surface area contributed by atoms with E-state index in [9.17, 15) is 0 Å². The highest BCUT2D eigenvalue weighted by molar-refractivity contribution is 5.79. The Balaban J connectivity index is 2.31. The predicted molar refractivity (Wildman–Crippen MR) is 56.6 cm³/mol. The number of oxime groups is 1. The van der Waals surface area contributed by atoms with Crippen LogP contribution in [0.5, 0.6) is 0 Å². The molecule has 1 saturated heterocycles. The van der Waals surface area contributed by atoms with Gasteiger partial charge in [-0.05, 0) is 14.0 Å². The monoisotopic (exact) mass is 200 g/mol. The Morgan fingerprint density at radius 1 is 1.57 bits per heavy atom. The molecule has 1 aliphatic rings. The van der Waals surface area contributed by atoms with Gasteiger partial charge in [-0.2, -0.15) is 0 Å². The second-order valence-corrected chi connectivity index (χ2v) is 3.99. The van der Waals surface area contributed by atoms with E-state index in [2.05, 4.69) is 28.9 Å². The van der Waals surface area contributed by atoms with Crippen LogP contribution in [0, 0.1) is 0 Å². The Kier molecular flexibility index (Phi) is 4.16. The van der Waals surface area contributed by atoms with Crippen LogP contribution in [0.15, 0.2) is 5.16 Å². The van der Waals surface area contributed by atoms with Gasteiger partial charge in [0, 0.05) is 38.6 Å². The van der Waals surface area contributed by atoms with Gasteiger partial charge in [-0.1, -0.05) is 5.16 Å². The molecule has 0 radical (unpaired) electrons. The zero-order valence-corrected chi connectivity index (χ0v) is 8.98. The van der Waals surface area contributed by atoms with Crippen molar-refractivity contribution in [1.29, 1.82) is 0 Å². The molecule has 1 aliphatic heterocycles. The summed E-state index contributed by atoms with van der Waals surface area (Å²) in [7, 11) is 2.14. The second-order valence-electron chi connectivity index (χ2n) is 3.99. The molecule has 0 saturated carbocycles. The van der Waals surface area contributed by atoms with Crippen LogP contribution >= 0.6 is 0 Å². The van der Waals surface area contributed by atoms with E-state index in [-0.39, 0.29) is 0 Å². The molecule has 1 rings (SSSR count). The van der Waals surface area contributed by atoms with E-state index in [1.54, 1.807) is 0 Å². The van der Waals surface area contributed by atoms with E-state index in [1.165, 1.54) is 0 Å². The van der Waals surface area contributed by atoms with Crippen LogP contribution in [0.1, 0.15) is 13.3 Å². The lowest BCUT2D eigenvalue weighted by Gasteiger charge is -2.38. The summed E-state index contributed by atoms with van der Waals surface area (Å²) in [6, 6.07) is 0.556. The molecule has 14 heavy (non-hydrogen) atoms. The minimum absolute atomic E-state index is 0.316. The molecule has 5 nitrogen and oxygen atoms in total. The Hall–Kier alpha value is -0.810. The molecule has 0 bridgehead atoms. The highest BCUT2D eigenvalue weighted by atomic mass is 16.4. The number of rotatable bonds is 3. The van der Waals surface area contributed by atoms with Gasteiger partial charge in [0.25, 0.3) is 0 Å². The average molecular weight is 200 g/mol. The molecule has 82 valence electrons. The van der Waals surface area contributed by atoms with E-state index in [0.29, 0.717) is 18.3 Å². The smallest absolute Gasteiger partial charge is 0.140 e. The maximum absolute atomic E-state index is 8.41. The maximum atomic E-state index is 8.41. The van der Waals surface area contributed by atoms with E-state index >= 15 is 0 Å². The normalized spacial score (nSPS) is 26.7. The van der Waals surface area contributed by atoms with Crippen LogP contribution in [0.4, 0.5) is 0 Å². The maximum Gasteiger partial charge on any atom is 0.140 e. The summed E-state index contributed by atoms with van der Waals surface area (Å²) < 4.78 is 0. The van der Waals surface area contributed by atoms with E-state index < -0.39 is 0 Å². The molecular formula is C9H20N4O. The quantitative estimate of drug-likeness (QED) is 0.285. The molecule has 1 fully saturated rings. The van der Waals surface area contributed by atoms with Gasteiger partial charge < -0.3 is 15.8 Å². The Morgan fingerprint density at radius 3 is 2.86 bits per heavy atom. The third-order valence-corrected chi connectivity index (χ3v) is 2.75. The number of nitrogens with zero attached hydrogens (tertiary/aromatic N) is 3. The van der Waals surface area contributed by atoms with Crippen LogP contribution in [-0.2, 0) is 0 Å². The average Bonchev–Trinajstić information content (AvgIpc) is 2.16. The first-order valence-corrected chi connectivity index (χ1v) is 5.02. The molecule has 0 aromatic carbocycles. The van der Waals surface area contributed by atoms with Crippen molar-refractivity contribution in [3.63, 3.8) is 0 Å². The molecule has 0 aromatic rings. The van der Waals surface area contributed by atoms with Gasteiger partial charge in [0.1, 0.15) is 5.84 Å². The van der Waals surface area contributed by atoms with Crippen molar-refractivity contribution >= 4 is 5.84 Å². The summed E-state index contributed by atoms with van der Waals surface area (Å²) in [4.78, 5) is 4.70. The highest BCUT2D eigenvalue weighted by Gasteiger charge is 2.20. The molecular weight excluding hydrogens is 180 g/mol. The number of hydrogen-bond donors (Lipinski definition) is 2. The van der Waals surface area contributed by atoms with Crippen molar-refractivity contribution in [1.82, 2.24) is 9.80 Å². The molecule has 3 N–H and O–H groups in total. The zero-order chi connectivity index (χ0) is 10.6. The van der Waals surface area contributed by atoms with Crippen molar-refractivity contribution in [2.24, 2.45) is 10.9 Å². The summed E-state index contributed by atoms with van der Waals surface area (Å²) in [6.07, 6.45) is 0.643. The number of nitrogens with two attached hydrogens (primary N) is 1. The second kappa shape index (κ2) is 5.17.